The van der Waals surface area contributed by atoms with E-state index in [9.17, 15) is 0 Å². The van der Waals surface area contributed by atoms with Crippen LogP contribution in [0.15, 0.2) is 18.3 Å². The van der Waals surface area contributed by atoms with Crippen molar-refractivity contribution in [1.82, 2.24) is 9.88 Å². The molecule has 0 unspecified atom stereocenters. The molecular weight excluding hydrogens is 202 g/mol. The number of hydrogen-bond donors (Lipinski definition) is 1. The zero-order valence-corrected chi connectivity index (χ0v) is 9.52. The van der Waals surface area contributed by atoms with Gasteiger partial charge < -0.3 is 15.4 Å². The number of pyridine rings is 1. The molecule has 2 aliphatic heterocycles. The van der Waals surface area contributed by atoms with Crippen LogP contribution in [0, 0.1) is 0 Å². The second-order valence-electron chi connectivity index (χ2n) is 4.85. The van der Waals surface area contributed by atoms with Gasteiger partial charge in [-0.3, -0.25) is 0 Å². The summed E-state index contributed by atoms with van der Waals surface area (Å²) in [6.07, 6.45) is 3.74. The molecule has 2 aliphatic rings. The molecular formula is C12H17N3O. The Morgan fingerprint density at radius 2 is 2.25 bits per heavy atom. The van der Waals surface area contributed by atoms with Crippen LogP contribution < -0.4 is 10.5 Å². The van der Waals surface area contributed by atoms with Crippen LogP contribution in [0.4, 0.5) is 0 Å². The lowest BCUT2D eigenvalue weighted by Crippen LogP contribution is -2.50. The highest BCUT2D eigenvalue weighted by Gasteiger charge is 2.48. The first-order valence-corrected chi connectivity index (χ1v) is 5.79. The Morgan fingerprint density at radius 3 is 2.94 bits per heavy atom. The molecule has 4 nitrogen and oxygen atoms in total. The molecule has 1 aromatic rings. The molecule has 86 valence electrons. The third-order valence-electron chi connectivity index (χ3n) is 3.84. The first-order valence-electron chi connectivity index (χ1n) is 5.79. The van der Waals surface area contributed by atoms with Crippen molar-refractivity contribution in [3.63, 3.8) is 0 Å². The molecule has 16 heavy (non-hydrogen) atoms. The number of likely N-dealkylation sites (tertiary alicyclic amines) is 1. The van der Waals surface area contributed by atoms with E-state index >= 15 is 0 Å². The number of hydrogen-bond acceptors (Lipinski definition) is 4. The zero-order valence-electron chi connectivity index (χ0n) is 9.52. The molecule has 0 radical (unpaired) electrons. The number of piperidine rings is 1. The number of aromatic nitrogens is 1. The summed E-state index contributed by atoms with van der Waals surface area (Å²) in [4.78, 5) is 6.58. The summed E-state index contributed by atoms with van der Waals surface area (Å²) in [6, 6.07) is 3.93. The SMILES string of the molecule is CN1CCC2(CC1)Oc1ncccc1[C@@H]2N. The van der Waals surface area contributed by atoms with Gasteiger partial charge in [-0.05, 0) is 13.1 Å². The first kappa shape index (κ1) is 10.1. The van der Waals surface area contributed by atoms with Gasteiger partial charge in [-0.2, -0.15) is 0 Å². The highest BCUT2D eigenvalue weighted by atomic mass is 16.5. The molecule has 3 heterocycles. The van der Waals surface area contributed by atoms with Crippen molar-refractivity contribution in [2.75, 3.05) is 20.1 Å². The third kappa shape index (κ3) is 1.33. The van der Waals surface area contributed by atoms with E-state index in [1.165, 1.54) is 0 Å². The molecule has 3 rings (SSSR count). The van der Waals surface area contributed by atoms with Crippen LogP contribution in [0.1, 0.15) is 24.4 Å². The van der Waals surface area contributed by atoms with Crippen LogP contribution in [-0.4, -0.2) is 35.6 Å². The number of fused-ring (bicyclic) bond motifs is 1. The van der Waals surface area contributed by atoms with E-state index in [-0.39, 0.29) is 11.6 Å². The van der Waals surface area contributed by atoms with Crippen molar-refractivity contribution in [3.05, 3.63) is 23.9 Å². The summed E-state index contributed by atoms with van der Waals surface area (Å²) >= 11 is 0. The number of rotatable bonds is 0. The Bertz CT molecular complexity index is 399. The van der Waals surface area contributed by atoms with Crippen LogP contribution in [0.25, 0.3) is 0 Å². The van der Waals surface area contributed by atoms with Crippen LogP contribution >= 0.6 is 0 Å². The normalized spacial score (nSPS) is 27.8. The van der Waals surface area contributed by atoms with Gasteiger partial charge in [-0.25, -0.2) is 4.98 Å². The molecule has 0 aliphatic carbocycles. The molecule has 0 bridgehead atoms. The third-order valence-corrected chi connectivity index (χ3v) is 3.84. The van der Waals surface area contributed by atoms with Gasteiger partial charge in [0.2, 0.25) is 5.88 Å². The van der Waals surface area contributed by atoms with Gasteiger partial charge in [-0.15, -0.1) is 0 Å². The summed E-state index contributed by atoms with van der Waals surface area (Å²) in [5.41, 5.74) is 7.17. The molecule has 1 saturated heterocycles. The predicted molar refractivity (Wildman–Crippen MR) is 61.3 cm³/mol. The Morgan fingerprint density at radius 1 is 1.50 bits per heavy atom. The number of nitrogens with two attached hydrogens (primary N) is 1. The van der Waals surface area contributed by atoms with E-state index in [1.807, 2.05) is 12.1 Å². The van der Waals surface area contributed by atoms with Crippen molar-refractivity contribution >= 4 is 0 Å². The maximum atomic E-state index is 6.32. The smallest absolute Gasteiger partial charge is 0.218 e. The van der Waals surface area contributed by atoms with Crippen molar-refractivity contribution < 1.29 is 4.74 Å². The zero-order chi connectivity index (χ0) is 11.2. The molecule has 1 spiro atoms. The second kappa shape index (κ2) is 3.43. The summed E-state index contributed by atoms with van der Waals surface area (Å²) in [5.74, 6) is 0.736. The number of ether oxygens (including phenoxy) is 1. The van der Waals surface area contributed by atoms with Crippen LogP contribution in [0.5, 0.6) is 5.88 Å². The average molecular weight is 219 g/mol. The molecule has 1 atom stereocenters. The van der Waals surface area contributed by atoms with E-state index < -0.39 is 0 Å². The lowest BCUT2D eigenvalue weighted by molar-refractivity contribution is 0.00498. The standard InChI is InChI=1S/C12H17N3O/c1-15-7-4-12(5-8-15)10(13)9-3-2-6-14-11(9)16-12/h2-3,6,10H,4-5,7-8,13H2,1H3/t10-/m0/s1. The van der Waals surface area contributed by atoms with E-state index in [0.29, 0.717) is 0 Å². The van der Waals surface area contributed by atoms with Crippen molar-refractivity contribution in [1.29, 1.82) is 0 Å². The van der Waals surface area contributed by atoms with Crippen molar-refractivity contribution in [3.8, 4) is 5.88 Å². The maximum absolute atomic E-state index is 6.32. The first-order chi connectivity index (χ1) is 7.71. The maximum Gasteiger partial charge on any atom is 0.218 e. The molecule has 0 amide bonds. The largest absolute Gasteiger partial charge is 0.469 e. The highest BCUT2D eigenvalue weighted by Crippen LogP contribution is 2.45. The van der Waals surface area contributed by atoms with Crippen molar-refractivity contribution in [2.45, 2.75) is 24.5 Å². The number of nitrogens with zero attached hydrogens (tertiary/aromatic N) is 2. The van der Waals surface area contributed by atoms with E-state index in [1.54, 1.807) is 6.20 Å². The fourth-order valence-electron chi connectivity index (χ4n) is 2.67. The minimum absolute atomic E-state index is 0.0232. The summed E-state index contributed by atoms with van der Waals surface area (Å²) in [6.45, 7) is 2.09. The van der Waals surface area contributed by atoms with E-state index in [0.717, 1.165) is 37.4 Å². The molecule has 0 saturated carbocycles. The summed E-state index contributed by atoms with van der Waals surface area (Å²) < 4.78 is 6.03. The van der Waals surface area contributed by atoms with Gasteiger partial charge in [-0.1, -0.05) is 6.07 Å². The Balaban J connectivity index is 1.91. The van der Waals surface area contributed by atoms with Gasteiger partial charge in [0.25, 0.3) is 0 Å². The molecule has 4 heteroatoms. The quantitative estimate of drug-likeness (QED) is 0.705. The Kier molecular flexibility index (Phi) is 2.16. The Hall–Kier alpha value is -1.13. The monoisotopic (exact) mass is 219 g/mol. The fraction of sp³-hybridized carbons (Fsp3) is 0.583. The minimum Gasteiger partial charge on any atom is -0.469 e. The van der Waals surface area contributed by atoms with Crippen LogP contribution in [0.3, 0.4) is 0 Å². The summed E-state index contributed by atoms with van der Waals surface area (Å²) in [7, 11) is 2.14. The average Bonchev–Trinajstić information content (AvgIpc) is 2.58. The second-order valence-corrected chi connectivity index (χ2v) is 4.85. The predicted octanol–water partition coefficient (Wildman–Crippen LogP) is 0.938. The Labute approximate surface area is 95.4 Å². The van der Waals surface area contributed by atoms with Gasteiger partial charge in [0.05, 0.1) is 6.04 Å². The minimum atomic E-state index is -0.205. The van der Waals surface area contributed by atoms with Gasteiger partial charge >= 0.3 is 0 Å². The highest BCUT2D eigenvalue weighted by molar-refractivity contribution is 5.37. The fourth-order valence-corrected chi connectivity index (χ4v) is 2.67. The lowest BCUT2D eigenvalue weighted by Gasteiger charge is -2.39. The van der Waals surface area contributed by atoms with E-state index in [2.05, 4.69) is 16.9 Å². The lowest BCUT2D eigenvalue weighted by atomic mass is 9.83. The molecule has 2 N–H and O–H groups in total. The van der Waals surface area contributed by atoms with Crippen LogP contribution in [0.2, 0.25) is 0 Å². The van der Waals surface area contributed by atoms with Crippen molar-refractivity contribution in [2.24, 2.45) is 5.73 Å². The van der Waals surface area contributed by atoms with Gasteiger partial charge in [0, 0.05) is 37.7 Å². The van der Waals surface area contributed by atoms with Crippen LogP contribution in [-0.2, 0) is 0 Å². The van der Waals surface area contributed by atoms with E-state index in [4.69, 9.17) is 10.5 Å². The molecule has 0 aromatic carbocycles. The molecule has 1 fully saturated rings. The van der Waals surface area contributed by atoms with Gasteiger partial charge in [0.1, 0.15) is 5.60 Å². The van der Waals surface area contributed by atoms with Gasteiger partial charge in [0.15, 0.2) is 0 Å². The summed E-state index contributed by atoms with van der Waals surface area (Å²) in [5, 5.41) is 0. The topological polar surface area (TPSA) is 51.4 Å². The molecule has 1 aromatic heterocycles.